The molecule has 1 amide bonds. The summed E-state index contributed by atoms with van der Waals surface area (Å²) in [4.78, 5) is 15.8. The molecule has 0 radical (unpaired) electrons. The van der Waals surface area contributed by atoms with Crippen LogP contribution in [0.1, 0.15) is 34.8 Å². The number of aryl methyl sites for hydroxylation is 1. The van der Waals surface area contributed by atoms with E-state index in [1.807, 2.05) is 6.92 Å². The number of nitrogens with one attached hydrogen (secondary N) is 2. The van der Waals surface area contributed by atoms with Crippen molar-refractivity contribution in [2.45, 2.75) is 32.2 Å². The Hall–Kier alpha value is -0.940. The van der Waals surface area contributed by atoms with Gasteiger partial charge in [0, 0.05) is 18.0 Å². The third-order valence-electron chi connectivity index (χ3n) is 2.79. The van der Waals surface area contributed by atoms with Gasteiger partial charge in [0.05, 0.1) is 5.01 Å². The Morgan fingerprint density at radius 1 is 1.75 bits per heavy atom. The van der Waals surface area contributed by atoms with Gasteiger partial charge in [-0.1, -0.05) is 0 Å². The molecule has 2 rings (SSSR count). The molecule has 1 saturated heterocycles. The minimum atomic E-state index is -0.0534. The first-order valence-electron chi connectivity index (χ1n) is 5.69. The first-order chi connectivity index (χ1) is 7.75. The smallest absolute Gasteiger partial charge is 0.270 e. The van der Waals surface area contributed by atoms with Gasteiger partial charge in [-0.05, 0) is 32.7 Å². The van der Waals surface area contributed by atoms with Gasteiger partial charge in [0.1, 0.15) is 5.69 Å². The minimum absolute atomic E-state index is 0.0534. The molecule has 16 heavy (non-hydrogen) atoms. The number of aromatic nitrogens is 1. The fourth-order valence-electron chi connectivity index (χ4n) is 1.92. The predicted octanol–water partition coefficient (Wildman–Crippen LogP) is 1.32. The van der Waals surface area contributed by atoms with Gasteiger partial charge >= 0.3 is 0 Å². The monoisotopic (exact) mass is 239 g/mol. The van der Waals surface area contributed by atoms with E-state index in [1.54, 1.807) is 5.38 Å². The van der Waals surface area contributed by atoms with Gasteiger partial charge < -0.3 is 10.6 Å². The van der Waals surface area contributed by atoms with Gasteiger partial charge in [0.2, 0.25) is 0 Å². The van der Waals surface area contributed by atoms with Crippen LogP contribution in [0.4, 0.5) is 0 Å². The Bertz CT molecular complexity index is 358. The number of amides is 1. The first kappa shape index (κ1) is 11.5. The molecule has 2 heterocycles. The van der Waals surface area contributed by atoms with E-state index in [4.69, 9.17) is 0 Å². The van der Waals surface area contributed by atoms with Crippen LogP contribution in [0.5, 0.6) is 0 Å². The number of carbonyl (C=O) groups excluding carboxylic acids is 1. The Labute approximate surface area is 99.5 Å². The highest BCUT2D eigenvalue weighted by Crippen LogP contribution is 2.09. The van der Waals surface area contributed by atoms with Crippen LogP contribution in [0.25, 0.3) is 0 Å². The van der Waals surface area contributed by atoms with Gasteiger partial charge in [-0.25, -0.2) is 4.98 Å². The molecular formula is C11H17N3OS. The molecule has 1 atom stereocenters. The van der Waals surface area contributed by atoms with Crippen molar-refractivity contribution in [3.63, 3.8) is 0 Å². The van der Waals surface area contributed by atoms with Gasteiger partial charge in [-0.15, -0.1) is 11.3 Å². The highest BCUT2D eigenvalue weighted by molar-refractivity contribution is 7.09. The summed E-state index contributed by atoms with van der Waals surface area (Å²) in [7, 11) is 0. The molecule has 1 unspecified atom stereocenters. The van der Waals surface area contributed by atoms with E-state index in [2.05, 4.69) is 15.6 Å². The molecule has 88 valence electrons. The second-order valence-corrected chi connectivity index (χ2v) is 5.15. The second-order valence-electron chi connectivity index (χ2n) is 4.09. The molecule has 0 saturated carbocycles. The van der Waals surface area contributed by atoms with E-state index in [9.17, 15) is 4.79 Å². The number of hydrogen-bond donors (Lipinski definition) is 2. The standard InChI is InChI=1S/C11H17N3OS/c1-8-14-10(7-16-8)11(15)13-6-4-9-3-2-5-12-9/h7,9,12H,2-6H2,1H3,(H,13,15). The number of thiazole rings is 1. The summed E-state index contributed by atoms with van der Waals surface area (Å²) in [6, 6.07) is 0.581. The van der Waals surface area contributed by atoms with Crippen molar-refractivity contribution in [1.29, 1.82) is 0 Å². The van der Waals surface area contributed by atoms with Gasteiger partial charge in [0.25, 0.3) is 5.91 Å². The van der Waals surface area contributed by atoms with E-state index in [-0.39, 0.29) is 5.91 Å². The third-order valence-corrected chi connectivity index (χ3v) is 3.57. The Kier molecular flexibility index (Phi) is 3.90. The summed E-state index contributed by atoms with van der Waals surface area (Å²) in [5, 5.41) is 9.05. The largest absolute Gasteiger partial charge is 0.351 e. The fraction of sp³-hybridized carbons (Fsp3) is 0.636. The van der Waals surface area contributed by atoms with Crippen molar-refractivity contribution in [2.24, 2.45) is 0 Å². The first-order valence-corrected chi connectivity index (χ1v) is 6.57. The van der Waals surface area contributed by atoms with E-state index >= 15 is 0 Å². The van der Waals surface area contributed by atoms with E-state index in [0.29, 0.717) is 11.7 Å². The van der Waals surface area contributed by atoms with Crippen LogP contribution in [0, 0.1) is 6.92 Å². The summed E-state index contributed by atoms with van der Waals surface area (Å²) >= 11 is 1.51. The van der Waals surface area contributed by atoms with Gasteiger partial charge in [0.15, 0.2) is 0 Å². The van der Waals surface area contributed by atoms with Crippen LogP contribution in [0.15, 0.2) is 5.38 Å². The third kappa shape index (κ3) is 3.02. The van der Waals surface area contributed by atoms with Crippen molar-refractivity contribution in [1.82, 2.24) is 15.6 Å². The molecule has 5 heteroatoms. The lowest BCUT2D eigenvalue weighted by Gasteiger charge is -2.09. The van der Waals surface area contributed by atoms with Gasteiger partial charge in [-0.2, -0.15) is 0 Å². The molecule has 2 N–H and O–H groups in total. The summed E-state index contributed by atoms with van der Waals surface area (Å²) in [5.41, 5.74) is 0.543. The van der Waals surface area contributed by atoms with Crippen molar-refractivity contribution in [3.05, 3.63) is 16.1 Å². The van der Waals surface area contributed by atoms with E-state index in [0.717, 1.165) is 24.5 Å². The average molecular weight is 239 g/mol. The van der Waals surface area contributed by atoms with Gasteiger partial charge in [-0.3, -0.25) is 4.79 Å². The SMILES string of the molecule is Cc1nc(C(=O)NCCC2CCCN2)cs1. The average Bonchev–Trinajstić information content (AvgIpc) is 2.89. The van der Waals surface area contributed by atoms with Crippen molar-refractivity contribution in [2.75, 3.05) is 13.1 Å². The van der Waals surface area contributed by atoms with Crippen LogP contribution < -0.4 is 10.6 Å². The van der Waals surface area contributed by atoms with Crippen molar-refractivity contribution < 1.29 is 4.79 Å². The molecule has 1 aromatic rings. The van der Waals surface area contributed by atoms with Crippen LogP contribution >= 0.6 is 11.3 Å². The number of hydrogen-bond acceptors (Lipinski definition) is 4. The van der Waals surface area contributed by atoms with Crippen LogP contribution in [-0.2, 0) is 0 Å². The fourth-order valence-corrected chi connectivity index (χ4v) is 2.51. The molecule has 0 aliphatic carbocycles. The topological polar surface area (TPSA) is 54.0 Å². The zero-order chi connectivity index (χ0) is 11.4. The molecule has 0 spiro atoms. The molecule has 1 fully saturated rings. The quantitative estimate of drug-likeness (QED) is 0.833. The molecule has 0 aromatic carbocycles. The maximum absolute atomic E-state index is 11.6. The summed E-state index contributed by atoms with van der Waals surface area (Å²) in [6.07, 6.45) is 3.49. The van der Waals surface area contributed by atoms with Crippen molar-refractivity contribution in [3.8, 4) is 0 Å². The number of carbonyl (C=O) groups is 1. The molecule has 1 aliphatic rings. The molecule has 0 bridgehead atoms. The molecule has 1 aliphatic heterocycles. The maximum Gasteiger partial charge on any atom is 0.270 e. The Morgan fingerprint density at radius 2 is 2.62 bits per heavy atom. The molecule has 4 nitrogen and oxygen atoms in total. The summed E-state index contributed by atoms with van der Waals surface area (Å²) in [6.45, 7) is 3.75. The lowest BCUT2D eigenvalue weighted by Crippen LogP contribution is -2.30. The van der Waals surface area contributed by atoms with Crippen LogP contribution in [-0.4, -0.2) is 30.0 Å². The molecular weight excluding hydrogens is 222 g/mol. The summed E-state index contributed by atoms with van der Waals surface area (Å²) in [5.74, 6) is -0.0534. The maximum atomic E-state index is 11.6. The van der Waals surface area contributed by atoms with Crippen LogP contribution in [0.3, 0.4) is 0 Å². The van der Waals surface area contributed by atoms with Crippen LogP contribution in [0.2, 0.25) is 0 Å². The normalized spacial score (nSPS) is 19.9. The Balaban J connectivity index is 1.71. The predicted molar refractivity (Wildman–Crippen MR) is 64.8 cm³/mol. The Morgan fingerprint density at radius 3 is 3.25 bits per heavy atom. The minimum Gasteiger partial charge on any atom is -0.351 e. The summed E-state index contributed by atoms with van der Waals surface area (Å²) < 4.78 is 0. The lowest BCUT2D eigenvalue weighted by atomic mass is 10.1. The van der Waals surface area contributed by atoms with E-state index in [1.165, 1.54) is 24.2 Å². The van der Waals surface area contributed by atoms with E-state index < -0.39 is 0 Å². The lowest BCUT2D eigenvalue weighted by molar-refractivity contribution is 0.0948. The molecule has 1 aromatic heterocycles. The zero-order valence-corrected chi connectivity index (χ0v) is 10.3. The number of rotatable bonds is 4. The second kappa shape index (κ2) is 5.41. The van der Waals surface area contributed by atoms with Crippen molar-refractivity contribution >= 4 is 17.2 Å². The highest BCUT2D eigenvalue weighted by Gasteiger charge is 2.14. The zero-order valence-electron chi connectivity index (χ0n) is 9.45. The number of nitrogens with zero attached hydrogens (tertiary/aromatic N) is 1. The highest BCUT2D eigenvalue weighted by atomic mass is 32.1.